The van der Waals surface area contributed by atoms with Crippen LogP contribution in [-0.4, -0.2) is 5.12 Å². The maximum atomic E-state index is 12.8. The number of halogens is 1. The average molecular weight is 273 g/mol. The first-order valence-electron chi connectivity index (χ1n) is 5.65. The third-order valence-corrected chi connectivity index (χ3v) is 3.24. The van der Waals surface area contributed by atoms with Crippen molar-refractivity contribution in [1.82, 2.24) is 0 Å². The summed E-state index contributed by atoms with van der Waals surface area (Å²) >= 11 is 1.10. The first kappa shape index (κ1) is 13.4. The van der Waals surface area contributed by atoms with Gasteiger partial charge in [-0.3, -0.25) is 4.79 Å². The summed E-state index contributed by atoms with van der Waals surface area (Å²) < 4.78 is 12.8. The van der Waals surface area contributed by atoms with E-state index in [0.717, 1.165) is 16.7 Å². The Morgan fingerprint density at radius 3 is 2.32 bits per heavy atom. The Hall–Kier alpha value is -2.07. The summed E-state index contributed by atoms with van der Waals surface area (Å²) in [5.74, 6) is -0.332. The summed E-state index contributed by atoms with van der Waals surface area (Å²) in [5, 5.41) is -0.159. The van der Waals surface area contributed by atoms with E-state index in [9.17, 15) is 9.18 Å². The third-order valence-electron chi connectivity index (χ3n) is 2.41. The first-order chi connectivity index (χ1) is 9.15. The zero-order valence-corrected chi connectivity index (χ0v) is 10.9. The molecule has 0 aliphatic rings. The molecule has 2 aromatic carbocycles. The molecule has 0 unspecified atom stereocenters. The second-order valence-corrected chi connectivity index (χ2v) is 4.92. The highest BCUT2D eigenvalue weighted by Gasteiger charge is 2.04. The van der Waals surface area contributed by atoms with Gasteiger partial charge in [-0.25, -0.2) is 4.39 Å². The van der Waals surface area contributed by atoms with Gasteiger partial charge >= 0.3 is 0 Å². The number of carbonyl (C=O) groups excluding carboxylic acids is 1. The molecule has 0 saturated heterocycles. The maximum Gasteiger partial charge on any atom is 0.218 e. The number of hydrogen-bond donors (Lipinski definition) is 1. The first-order valence-corrected chi connectivity index (χ1v) is 6.47. The molecule has 0 atom stereocenters. The zero-order chi connectivity index (χ0) is 13.7. The lowest BCUT2D eigenvalue weighted by atomic mass is 10.1. The van der Waals surface area contributed by atoms with Crippen LogP contribution in [0.1, 0.15) is 5.56 Å². The molecule has 0 spiro atoms. The third kappa shape index (κ3) is 3.96. The van der Waals surface area contributed by atoms with Crippen molar-refractivity contribution in [3.63, 3.8) is 0 Å². The van der Waals surface area contributed by atoms with E-state index in [1.165, 1.54) is 18.2 Å². The molecule has 4 heteroatoms. The predicted molar refractivity (Wildman–Crippen MR) is 75.9 cm³/mol. The van der Waals surface area contributed by atoms with E-state index in [1.807, 2.05) is 30.3 Å². The SMILES string of the molecule is N/C(=C\C(=O)Sc1ccccc1)c1ccc(F)cc1. The van der Waals surface area contributed by atoms with Crippen molar-refractivity contribution in [2.24, 2.45) is 5.73 Å². The van der Waals surface area contributed by atoms with Crippen LogP contribution in [-0.2, 0) is 4.79 Å². The Balaban J connectivity index is 2.08. The molecular weight excluding hydrogens is 261 g/mol. The van der Waals surface area contributed by atoms with Crippen LogP contribution < -0.4 is 5.73 Å². The Kier molecular flexibility index (Phi) is 4.36. The van der Waals surface area contributed by atoms with E-state index in [1.54, 1.807) is 12.1 Å². The smallest absolute Gasteiger partial charge is 0.218 e. The minimum Gasteiger partial charge on any atom is -0.398 e. The summed E-state index contributed by atoms with van der Waals surface area (Å²) in [4.78, 5) is 12.7. The van der Waals surface area contributed by atoms with Gasteiger partial charge in [-0.05, 0) is 41.6 Å². The molecular formula is C15H12FNOS. The number of rotatable bonds is 3. The van der Waals surface area contributed by atoms with Crippen molar-refractivity contribution < 1.29 is 9.18 Å². The van der Waals surface area contributed by atoms with Crippen molar-refractivity contribution in [3.8, 4) is 0 Å². The van der Waals surface area contributed by atoms with Crippen molar-refractivity contribution in [3.05, 3.63) is 72.1 Å². The van der Waals surface area contributed by atoms with E-state index in [2.05, 4.69) is 0 Å². The van der Waals surface area contributed by atoms with Gasteiger partial charge in [0.05, 0.1) is 0 Å². The van der Waals surface area contributed by atoms with E-state index in [-0.39, 0.29) is 10.9 Å². The molecule has 19 heavy (non-hydrogen) atoms. The van der Waals surface area contributed by atoms with E-state index < -0.39 is 0 Å². The molecule has 0 aliphatic carbocycles. The van der Waals surface area contributed by atoms with Crippen molar-refractivity contribution in [2.75, 3.05) is 0 Å². The highest BCUT2D eigenvalue weighted by atomic mass is 32.2. The monoisotopic (exact) mass is 273 g/mol. The molecule has 2 aromatic rings. The molecule has 2 nitrogen and oxygen atoms in total. The van der Waals surface area contributed by atoms with Crippen LogP contribution in [0.3, 0.4) is 0 Å². The van der Waals surface area contributed by atoms with E-state index in [0.29, 0.717) is 11.3 Å². The fraction of sp³-hybridized carbons (Fsp3) is 0. The summed E-state index contributed by atoms with van der Waals surface area (Å²) in [5.41, 5.74) is 6.76. The summed E-state index contributed by atoms with van der Waals surface area (Å²) in [7, 11) is 0. The Bertz CT molecular complexity index is 593. The van der Waals surface area contributed by atoms with Gasteiger partial charge in [-0.15, -0.1) is 0 Å². The van der Waals surface area contributed by atoms with Crippen molar-refractivity contribution in [1.29, 1.82) is 0 Å². The fourth-order valence-corrected chi connectivity index (χ4v) is 2.20. The predicted octanol–water partition coefficient (Wildman–Crippen LogP) is 3.44. The minimum absolute atomic E-state index is 0.159. The molecule has 96 valence electrons. The van der Waals surface area contributed by atoms with Gasteiger partial charge in [0.1, 0.15) is 5.82 Å². The summed E-state index contributed by atoms with van der Waals surface area (Å²) in [6.45, 7) is 0. The normalized spacial score (nSPS) is 11.3. The van der Waals surface area contributed by atoms with Crippen molar-refractivity contribution >= 4 is 22.6 Å². The standard InChI is InChI=1S/C15H12FNOS/c16-12-8-6-11(7-9-12)14(17)10-15(18)19-13-4-2-1-3-5-13/h1-10H,17H2/b14-10-. The summed E-state index contributed by atoms with van der Waals surface area (Å²) in [6.07, 6.45) is 1.35. The topological polar surface area (TPSA) is 43.1 Å². The number of hydrogen-bond acceptors (Lipinski definition) is 3. The van der Waals surface area contributed by atoms with Crippen molar-refractivity contribution in [2.45, 2.75) is 4.90 Å². The van der Waals surface area contributed by atoms with Crippen LogP contribution in [0, 0.1) is 5.82 Å². The molecule has 2 rings (SSSR count). The molecule has 2 N–H and O–H groups in total. The average Bonchev–Trinajstić information content (AvgIpc) is 2.40. The molecule has 0 bridgehead atoms. The Labute approximate surface area is 115 Å². The second-order valence-electron chi connectivity index (χ2n) is 3.84. The Morgan fingerprint density at radius 2 is 1.68 bits per heavy atom. The quantitative estimate of drug-likeness (QED) is 0.688. The lowest BCUT2D eigenvalue weighted by Crippen LogP contribution is -1.99. The van der Waals surface area contributed by atoms with Gasteiger partial charge in [0.15, 0.2) is 0 Å². The van der Waals surface area contributed by atoms with Gasteiger partial charge < -0.3 is 5.73 Å². The van der Waals surface area contributed by atoms with E-state index in [4.69, 9.17) is 5.73 Å². The lowest BCUT2D eigenvalue weighted by molar-refractivity contribution is -0.107. The molecule has 0 heterocycles. The van der Waals surface area contributed by atoms with Crippen LogP contribution in [0.5, 0.6) is 0 Å². The van der Waals surface area contributed by atoms with Gasteiger partial charge in [0.2, 0.25) is 5.12 Å². The molecule has 0 aliphatic heterocycles. The van der Waals surface area contributed by atoms with Crippen LogP contribution in [0.25, 0.3) is 5.70 Å². The van der Waals surface area contributed by atoms with Crippen LogP contribution in [0.15, 0.2) is 65.6 Å². The van der Waals surface area contributed by atoms with Gasteiger partial charge in [-0.1, -0.05) is 30.3 Å². The van der Waals surface area contributed by atoms with Gasteiger partial charge in [-0.2, -0.15) is 0 Å². The number of thioether (sulfide) groups is 1. The highest BCUT2D eigenvalue weighted by molar-refractivity contribution is 8.14. The minimum atomic E-state index is -0.332. The number of nitrogens with two attached hydrogens (primary N) is 1. The molecule has 0 saturated carbocycles. The number of carbonyl (C=O) groups is 1. The van der Waals surface area contributed by atoms with Gasteiger partial charge in [0.25, 0.3) is 0 Å². The second kappa shape index (κ2) is 6.20. The van der Waals surface area contributed by atoms with Crippen LogP contribution in [0.4, 0.5) is 4.39 Å². The number of benzene rings is 2. The molecule has 0 amide bonds. The highest BCUT2D eigenvalue weighted by Crippen LogP contribution is 2.20. The lowest BCUT2D eigenvalue weighted by Gasteiger charge is -2.01. The van der Waals surface area contributed by atoms with E-state index >= 15 is 0 Å². The summed E-state index contributed by atoms with van der Waals surface area (Å²) in [6, 6.07) is 15.0. The van der Waals surface area contributed by atoms with Crippen LogP contribution >= 0.6 is 11.8 Å². The molecule has 0 radical (unpaired) electrons. The maximum absolute atomic E-state index is 12.8. The molecule has 0 fully saturated rings. The van der Waals surface area contributed by atoms with Gasteiger partial charge in [0, 0.05) is 16.7 Å². The van der Waals surface area contributed by atoms with Crippen LogP contribution in [0.2, 0.25) is 0 Å². The molecule has 0 aromatic heterocycles. The zero-order valence-electron chi connectivity index (χ0n) is 10.0. The largest absolute Gasteiger partial charge is 0.398 e. The fourth-order valence-electron chi connectivity index (χ4n) is 1.49. The Morgan fingerprint density at radius 1 is 1.05 bits per heavy atom.